The van der Waals surface area contributed by atoms with E-state index < -0.39 is 0 Å². The Kier molecular flexibility index (Phi) is 5.25. The number of rotatable bonds is 3. The molecule has 0 heterocycles. The van der Waals surface area contributed by atoms with Crippen molar-refractivity contribution < 1.29 is 0 Å². The summed E-state index contributed by atoms with van der Waals surface area (Å²) in [6.07, 6.45) is 17.1. The molecule has 3 fully saturated rings. The summed E-state index contributed by atoms with van der Waals surface area (Å²) in [4.78, 5) is 0. The third-order valence-electron chi connectivity index (χ3n) is 7.08. The fraction of sp³-hybridized carbons (Fsp3) is 0.950. The van der Waals surface area contributed by atoms with Gasteiger partial charge in [-0.15, -0.1) is 0 Å². The zero-order chi connectivity index (χ0) is 14.7. The van der Waals surface area contributed by atoms with Crippen LogP contribution in [0.3, 0.4) is 0 Å². The van der Waals surface area contributed by atoms with Gasteiger partial charge in [0.2, 0.25) is 0 Å². The predicted octanol–water partition coefficient (Wildman–Crippen LogP) is 5.95. The summed E-state index contributed by atoms with van der Waals surface area (Å²) in [6, 6.07) is 2.49. The second-order valence-corrected chi connectivity index (χ2v) is 8.30. The van der Waals surface area contributed by atoms with Crippen molar-refractivity contribution in [2.24, 2.45) is 35.5 Å². The first-order valence-electron chi connectivity index (χ1n) is 9.69. The fourth-order valence-electron chi connectivity index (χ4n) is 5.84. The van der Waals surface area contributed by atoms with E-state index >= 15 is 0 Å². The van der Waals surface area contributed by atoms with Crippen molar-refractivity contribution in [3.8, 4) is 6.07 Å². The van der Waals surface area contributed by atoms with E-state index in [1.807, 2.05) is 0 Å². The van der Waals surface area contributed by atoms with Gasteiger partial charge in [-0.1, -0.05) is 26.2 Å². The summed E-state index contributed by atoms with van der Waals surface area (Å²) in [5.74, 6) is 5.53. The molecule has 118 valence electrons. The van der Waals surface area contributed by atoms with Crippen LogP contribution in [0.2, 0.25) is 0 Å². The zero-order valence-corrected chi connectivity index (χ0v) is 13.9. The van der Waals surface area contributed by atoms with Gasteiger partial charge in [0.15, 0.2) is 0 Å². The van der Waals surface area contributed by atoms with Crippen LogP contribution in [0, 0.1) is 46.8 Å². The highest BCUT2D eigenvalue weighted by atomic mass is 14.4. The molecule has 0 saturated heterocycles. The third-order valence-corrected chi connectivity index (χ3v) is 7.08. The number of nitriles is 1. The van der Waals surface area contributed by atoms with Gasteiger partial charge in [-0.2, -0.15) is 5.26 Å². The van der Waals surface area contributed by atoms with E-state index in [0.29, 0.717) is 5.92 Å². The third kappa shape index (κ3) is 3.64. The maximum absolute atomic E-state index is 9.06. The molecule has 3 aliphatic rings. The molecule has 0 aromatic rings. The van der Waals surface area contributed by atoms with Crippen LogP contribution in [0.1, 0.15) is 84.0 Å². The molecule has 21 heavy (non-hydrogen) atoms. The Balaban J connectivity index is 1.49. The first kappa shape index (κ1) is 15.4. The van der Waals surface area contributed by atoms with E-state index in [4.69, 9.17) is 5.26 Å². The largest absolute Gasteiger partial charge is 0.198 e. The van der Waals surface area contributed by atoms with Gasteiger partial charge < -0.3 is 0 Å². The van der Waals surface area contributed by atoms with E-state index in [9.17, 15) is 0 Å². The van der Waals surface area contributed by atoms with Gasteiger partial charge in [-0.3, -0.25) is 0 Å². The van der Waals surface area contributed by atoms with Crippen molar-refractivity contribution in [3.05, 3.63) is 0 Å². The summed E-state index contributed by atoms with van der Waals surface area (Å²) in [5, 5.41) is 9.06. The Morgan fingerprint density at radius 3 is 2.00 bits per heavy atom. The van der Waals surface area contributed by atoms with Gasteiger partial charge in [0, 0.05) is 5.92 Å². The van der Waals surface area contributed by atoms with Gasteiger partial charge >= 0.3 is 0 Å². The molecule has 3 saturated carbocycles. The average molecular weight is 287 g/mol. The predicted molar refractivity (Wildman–Crippen MR) is 87.6 cm³/mol. The molecule has 1 nitrogen and oxygen atoms in total. The molecule has 1 heteroatoms. The van der Waals surface area contributed by atoms with Gasteiger partial charge in [-0.05, 0) is 87.4 Å². The second kappa shape index (κ2) is 7.17. The molecular formula is C20H33N. The lowest BCUT2D eigenvalue weighted by atomic mass is 9.60. The summed E-state index contributed by atoms with van der Waals surface area (Å²) < 4.78 is 0. The fourth-order valence-corrected chi connectivity index (χ4v) is 5.84. The number of hydrogen-bond donors (Lipinski definition) is 0. The van der Waals surface area contributed by atoms with E-state index in [0.717, 1.165) is 29.6 Å². The maximum atomic E-state index is 9.06. The van der Waals surface area contributed by atoms with E-state index in [2.05, 4.69) is 13.0 Å². The molecule has 0 spiro atoms. The Morgan fingerprint density at radius 1 is 0.762 bits per heavy atom. The molecule has 0 unspecified atom stereocenters. The van der Waals surface area contributed by atoms with Gasteiger partial charge in [-0.25, -0.2) is 0 Å². The lowest BCUT2D eigenvalue weighted by Gasteiger charge is -2.45. The van der Waals surface area contributed by atoms with Crippen LogP contribution in [0.4, 0.5) is 0 Å². The lowest BCUT2D eigenvalue weighted by Crippen LogP contribution is -2.34. The molecule has 0 radical (unpaired) electrons. The Hall–Kier alpha value is -0.510. The van der Waals surface area contributed by atoms with Crippen molar-refractivity contribution in [3.63, 3.8) is 0 Å². The highest BCUT2D eigenvalue weighted by Gasteiger charge is 2.38. The van der Waals surface area contributed by atoms with Crippen molar-refractivity contribution in [2.75, 3.05) is 0 Å². The smallest absolute Gasteiger partial charge is 0.0655 e. The topological polar surface area (TPSA) is 23.8 Å². The van der Waals surface area contributed by atoms with Crippen molar-refractivity contribution >= 4 is 0 Å². The summed E-state index contributed by atoms with van der Waals surface area (Å²) in [6.45, 7) is 2.35. The molecular weight excluding hydrogens is 254 g/mol. The Morgan fingerprint density at radius 2 is 1.33 bits per heavy atom. The Bertz CT molecular complexity index is 361. The molecule has 3 rings (SSSR count). The first-order chi connectivity index (χ1) is 10.3. The first-order valence-corrected chi connectivity index (χ1v) is 9.69. The van der Waals surface area contributed by atoms with Gasteiger partial charge in [0.25, 0.3) is 0 Å². The molecule has 4 atom stereocenters. The second-order valence-electron chi connectivity index (χ2n) is 8.30. The molecule has 0 aromatic carbocycles. The number of hydrogen-bond acceptors (Lipinski definition) is 1. The van der Waals surface area contributed by atoms with Crippen LogP contribution in [-0.2, 0) is 0 Å². The minimum absolute atomic E-state index is 0.377. The van der Waals surface area contributed by atoms with Crippen LogP contribution in [0.25, 0.3) is 0 Å². The van der Waals surface area contributed by atoms with Gasteiger partial charge in [0.05, 0.1) is 6.07 Å². The van der Waals surface area contributed by atoms with E-state index in [1.165, 1.54) is 70.6 Å². The minimum atomic E-state index is 0.377. The highest BCUT2D eigenvalue weighted by molar-refractivity contribution is 4.92. The summed E-state index contributed by atoms with van der Waals surface area (Å²) in [5.41, 5.74) is 0. The molecule has 0 bridgehead atoms. The maximum Gasteiger partial charge on any atom is 0.0655 e. The lowest BCUT2D eigenvalue weighted by molar-refractivity contribution is 0.0609. The van der Waals surface area contributed by atoms with E-state index in [-0.39, 0.29) is 0 Å². The summed E-state index contributed by atoms with van der Waals surface area (Å²) in [7, 11) is 0. The standard InChI is InChI=1S/C20H33N/c1-2-3-15-4-9-20-13-19(11-10-18(20)12-15)17-7-5-16(14-21)6-8-17/h15-20H,2-13H2,1H3/t15-,16?,17?,18-,19+,20-/m0/s1. The van der Waals surface area contributed by atoms with Crippen molar-refractivity contribution in [2.45, 2.75) is 84.0 Å². The van der Waals surface area contributed by atoms with Crippen LogP contribution < -0.4 is 0 Å². The summed E-state index contributed by atoms with van der Waals surface area (Å²) >= 11 is 0. The number of nitrogens with zero attached hydrogens (tertiary/aromatic N) is 1. The molecule has 0 aromatic heterocycles. The highest BCUT2D eigenvalue weighted by Crippen LogP contribution is 2.49. The van der Waals surface area contributed by atoms with Crippen LogP contribution in [0.15, 0.2) is 0 Å². The SMILES string of the molecule is CCC[C@H]1CC[C@H]2C[C@H](C3CCC(C#N)CC3)CC[C@H]2C1. The van der Waals surface area contributed by atoms with Gasteiger partial charge in [0.1, 0.15) is 0 Å². The number of fused-ring (bicyclic) bond motifs is 1. The molecule has 0 amide bonds. The van der Waals surface area contributed by atoms with Crippen LogP contribution >= 0.6 is 0 Å². The minimum Gasteiger partial charge on any atom is -0.198 e. The Labute approximate surface area is 131 Å². The average Bonchev–Trinajstić information content (AvgIpc) is 2.55. The van der Waals surface area contributed by atoms with E-state index in [1.54, 1.807) is 6.42 Å². The molecule has 0 N–H and O–H groups in total. The zero-order valence-electron chi connectivity index (χ0n) is 13.9. The molecule has 0 aliphatic heterocycles. The van der Waals surface area contributed by atoms with Crippen LogP contribution in [0.5, 0.6) is 0 Å². The van der Waals surface area contributed by atoms with Crippen molar-refractivity contribution in [1.29, 1.82) is 5.26 Å². The quantitative estimate of drug-likeness (QED) is 0.629. The monoisotopic (exact) mass is 287 g/mol. The van der Waals surface area contributed by atoms with Crippen molar-refractivity contribution in [1.82, 2.24) is 0 Å². The van der Waals surface area contributed by atoms with Crippen LogP contribution in [-0.4, -0.2) is 0 Å². The normalized spacial score (nSPS) is 43.8. The molecule has 3 aliphatic carbocycles.